The summed E-state index contributed by atoms with van der Waals surface area (Å²) in [5.74, 6) is 0.427. The van der Waals surface area contributed by atoms with E-state index in [0.717, 1.165) is 17.4 Å². The summed E-state index contributed by atoms with van der Waals surface area (Å²) in [5, 5.41) is 26.9. The second kappa shape index (κ2) is 10.1. The van der Waals surface area contributed by atoms with Gasteiger partial charge in [0.15, 0.2) is 0 Å². The summed E-state index contributed by atoms with van der Waals surface area (Å²) in [6, 6.07) is 16.9. The van der Waals surface area contributed by atoms with Crippen LogP contribution in [-0.2, 0) is 4.79 Å². The molecule has 1 amide bonds. The number of nitro benzene ring substituents is 1. The third kappa shape index (κ3) is 5.42. The van der Waals surface area contributed by atoms with Crippen molar-refractivity contribution in [3.63, 3.8) is 0 Å². The van der Waals surface area contributed by atoms with Gasteiger partial charge < -0.3 is 4.42 Å². The zero-order valence-corrected chi connectivity index (χ0v) is 18.2. The Morgan fingerprint density at radius 1 is 1.24 bits per heavy atom. The van der Waals surface area contributed by atoms with Crippen molar-refractivity contribution in [3.05, 3.63) is 81.6 Å². The van der Waals surface area contributed by atoms with Crippen LogP contribution in [0.3, 0.4) is 0 Å². The molecule has 0 atom stereocenters. The number of nitro groups is 1. The van der Waals surface area contributed by atoms with Crippen molar-refractivity contribution in [1.82, 2.24) is 25.6 Å². The van der Waals surface area contributed by atoms with Crippen LogP contribution in [0.1, 0.15) is 5.76 Å². The predicted molar refractivity (Wildman–Crippen MR) is 121 cm³/mol. The average Bonchev–Trinajstić information content (AvgIpc) is 3.48. The van der Waals surface area contributed by atoms with Crippen molar-refractivity contribution in [2.24, 2.45) is 5.10 Å². The minimum Gasteiger partial charge on any atom is -0.455 e. The zero-order valence-electron chi connectivity index (χ0n) is 16.7. The minimum atomic E-state index is -0.566. The summed E-state index contributed by atoms with van der Waals surface area (Å²) < 4.78 is 7.14. The Bertz CT molecular complexity index is 1320. The van der Waals surface area contributed by atoms with Crippen molar-refractivity contribution in [1.29, 1.82) is 0 Å². The number of carbonyl (C=O) groups is 1. The minimum absolute atomic E-state index is 0.0375. The number of hydrogen-bond acceptors (Lipinski definition) is 9. The highest BCUT2D eigenvalue weighted by Crippen LogP contribution is 2.31. The van der Waals surface area contributed by atoms with Crippen molar-refractivity contribution < 1.29 is 14.1 Å². The standard InChI is InChI=1S/C20H14ClN7O4S/c21-16-8-6-13(10-17(16)28(30)31)18-9-7-15(32-18)11-22-23-19(29)12-33-20-24-25-26-27(20)14-4-2-1-3-5-14/h1-11H,12H2,(H,23,29)/b22-11+. The van der Waals surface area contributed by atoms with Crippen LogP contribution in [0.15, 0.2) is 75.3 Å². The normalized spacial score (nSPS) is 11.1. The molecule has 0 fully saturated rings. The van der Waals surface area contributed by atoms with Gasteiger partial charge in [0.25, 0.3) is 11.6 Å². The maximum Gasteiger partial charge on any atom is 0.288 e. The monoisotopic (exact) mass is 483 g/mol. The van der Waals surface area contributed by atoms with Crippen LogP contribution in [0.2, 0.25) is 5.02 Å². The molecule has 0 spiro atoms. The van der Waals surface area contributed by atoms with E-state index in [0.29, 0.717) is 22.2 Å². The fourth-order valence-electron chi connectivity index (χ4n) is 2.71. The molecule has 0 saturated carbocycles. The molecule has 0 unspecified atom stereocenters. The largest absolute Gasteiger partial charge is 0.455 e. The van der Waals surface area contributed by atoms with E-state index in [4.69, 9.17) is 16.0 Å². The highest BCUT2D eigenvalue weighted by atomic mass is 35.5. The number of tetrazole rings is 1. The lowest BCUT2D eigenvalue weighted by Crippen LogP contribution is -2.19. The highest BCUT2D eigenvalue weighted by Gasteiger charge is 2.15. The third-order valence-electron chi connectivity index (χ3n) is 4.21. The number of furan rings is 1. The molecule has 1 N–H and O–H groups in total. The van der Waals surface area contributed by atoms with E-state index in [2.05, 4.69) is 26.1 Å². The first kappa shape index (κ1) is 22.2. The molecule has 4 rings (SSSR count). The number of nitrogens with one attached hydrogen (secondary N) is 1. The van der Waals surface area contributed by atoms with E-state index in [1.807, 2.05) is 30.3 Å². The molecule has 2 aromatic heterocycles. The number of hydrogen-bond donors (Lipinski definition) is 1. The number of hydrazone groups is 1. The molecule has 33 heavy (non-hydrogen) atoms. The third-order valence-corrected chi connectivity index (χ3v) is 5.45. The lowest BCUT2D eigenvalue weighted by Gasteiger charge is -2.03. The number of aromatic nitrogens is 4. The summed E-state index contributed by atoms with van der Waals surface area (Å²) in [6.45, 7) is 0. The van der Waals surface area contributed by atoms with E-state index < -0.39 is 4.92 Å². The molecule has 2 aromatic carbocycles. The molecule has 13 heteroatoms. The summed E-state index contributed by atoms with van der Waals surface area (Å²) in [7, 11) is 0. The quantitative estimate of drug-likeness (QED) is 0.173. The van der Waals surface area contributed by atoms with Gasteiger partial charge in [0.2, 0.25) is 5.16 Å². The van der Waals surface area contributed by atoms with Gasteiger partial charge in [-0.3, -0.25) is 14.9 Å². The Morgan fingerprint density at radius 2 is 2.06 bits per heavy atom. The Labute approximate surface area is 195 Å². The number of carbonyl (C=O) groups excluding carboxylic acids is 1. The van der Waals surface area contributed by atoms with Crippen LogP contribution < -0.4 is 5.43 Å². The summed E-state index contributed by atoms with van der Waals surface area (Å²) in [4.78, 5) is 22.6. The Kier molecular flexibility index (Phi) is 6.76. The Hall–Kier alpha value is -4.03. The van der Waals surface area contributed by atoms with Crippen molar-refractivity contribution in [2.45, 2.75) is 5.16 Å². The van der Waals surface area contributed by atoms with E-state index >= 15 is 0 Å². The van der Waals surface area contributed by atoms with Gasteiger partial charge in [-0.25, -0.2) is 5.43 Å². The highest BCUT2D eigenvalue weighted by molar-refractivity contribution is 7.99. The topological polar surface area (TPSA) is 141 Å². The number of rotatable bonds is 8. The number of thioether (sulfide) groups is 1. The molecule has 4 aromatic rings. The fraction of sp³-hybridized carbons (Fsp3) is 0.0500. The molecule has 0 aliphatic heterocycles. The fourth-order valence-corrected chi connectivity index (χ4v) is 3.58. The molecular formula is C20H14ClN7O4S. The van der Waals surface area contributed by atoms with Crippen molar-refractivity contribution in [2.75, 3.05) is 5.75 Å². The number of para-hydroxylation sites is 1. The van der Waals surface area contributed by atoms with Crippen molar-refractivity contribution in [3.8, 4) is 17.0 Å². The van der Waals surface area contributed by atoms with Crippen LogP contribution in [0.4, 0.5) is 5.69 Å². The Morgan fingerprint density at radius 3 is 2.85 bits per heavy atom. The number of halogens is 1. The maximum atomic E-state index is 12.1. The van der Waals surface area contributed by atoms with Crippen LogP contribution in [0.5, 0.6) is 0 Å². The van der Waals surface area contributed by atoms with Gasteiger partial charge in [0.1, 0.15) is 16.5 Å². The molecule has 2 heterocycles. The summed E-state index contributed by atoms with van der Waals surface area (Å²) in [5.41, 5.74) is 3.45. The van der Waals surface area contributed by atoms with Crippen LogP contribution in [-0.4, -0.2) is 43.0 Å². The molecule has 166 valence electrons. The van der Waals surface area contributed by atoms with Gasteiger partial charge >= 0.3 is 0 Å². The second-order valence-corrected chi connectivity index (χ2v) is 7.77. The van der Waals surface area contributed by atoms with Gasteiger partial charge in [-0.1, -0.05) is 41.6 Å². The van der Waals surface area contributed by atoms with Crippen LogP contribution in [0.25, 0.3) is 17.0 Å². The summed E-state index contributed by atoms with van der Waals surface area (Å²) in [6.07, 6.45) is 1.32. The van der Waals surface area contributed by atoms with Gasteiger partial charge in [-0.2, -0.15) is 9.78 Å². The predicted octanol–water partition coefficient (Wildman–Crippen LogP) is 3.73. The molecule has 0 saturated heterocycles. The molecule has 0 radical (unpaired) electrons. The Balaban J connectivity index is 1.33. The molecule has 0 aliphatic rings. The molecular weight excluding hydrogens is 470 g/mol. The lowest BCUT2D eigenvalue weighted by molar-refractivity contribution is -0.384. The van der Waals surface area contributed by atoms with Gasteiger partial charge in [0, 0.05) is 11.6 Å². The zero-order chi connectivity index (χ0) is 23.2. The molecule has 11 nitrogen and oxygen atoms in total. The van der Waals surface area contributed by atoms with E-state index in [-0.39, 0.29) is 22.4 Å². The van der Waals surface area contributed by atoms with E-state index in [1.54, 1.807) is 18.2 Å². The SMILES string of the molecule is O=C(CSc1nnnn1-c1ccccc1)N/N=C/c1ccc(-c2ccc(Cl)c([N+](=O)[O-])c2)o1. The van der Waals surface area contributed by atoms with Crippen LogP contribution >= 0.6 is 23.4 Å². The summed E-state index contributed by atoms with van der Waals surface area (Å²) >= 11 is 6.99. The van der Waals surface area contributed by atoms with Gasteiger partial charge in [0.05, 0.1) is 22.6 Å². The first-order valence-corrected chi connectivity index (χ1v) is 10.7. The van der Waals surface area contributed by atoms with E-state index in [9.17, 15) is 14.9 Å². The molecule has 0 bridgehead atoms. The number of nitrogens with zero attached hydrogens (tertiary/aromatic N) is 6. The van der Waals surface area contributed by atoms with Gasteiger partial charge in [-0.05, 0) is 46.8 Å². The van der Waals surface area contributed by atoms with Gasteiger partial charge in [-0.15, -0.1) is 5.10 Å². The second-order valence-electron chi connectivity index (χ2n) is 6.42. The molecule has 0 aliphatic carbocycles. The smallest absolute Gasteiger partial charge is 0.288 e. The lowest BCUT2D eigenvalue weighted by atomic mass is 10.1. The van der Waals surface area contributed by atoms with E-state index in [1.165, 1.54) is 23.0 Å². The maximum absolute atomic E-state index is 12.1. The van der Waals surface area contributed by atoms with Crippen molar-refractivity contribution >= 4 is 41.2 Å². The first-order chi connectivity index (χ1) is 16.0. The average molecular weight is 484 g/mol. The van der Waals surface area contributed by atoms with Crippen LogP contribution in [0, 0.1) is 10.1 Å². The number of amides is 1. The first-order valence-electron chi connectivity index (χ1n) is 9.34. The number of benzene rings is 2.